The van der Waals surface area contributed by atoms with E-state index in [1.807, 2.05) is 0 Å². The van der Waals surface area contributed by atoms with E-state index in [9.17, 15) is 0 Å². The van der Waals surface area contributed by atoms with Crippen molar-refractivity contribution in [3.8, 4) is 0 Å². The lowest BCUT2D eigenvalue weighted by Gasteiger charge is -2.36. The summed E-state index contributed by atoms with van der Waals surface area (Å²) in [5, 5.41) is 3.64. The average Bonchev–Trinajstić information content (AvgIpc) is 2.31. The van der Waals surface area contributed by atoms with Gasteiger partial charge in [0, 0.05) is 0 Å². The lowest BCUT2D eigenvalue weighted by Crippen LogP contribution is -2.34. The topological polar surface area (TPSA) is 12.0 Å². The molecule has 0 aromatic heterocycles. The monoisotopic (exact) mass is 237 g/mol. The average molecular weight is 237 g/mol. The zero-order chi connectivity index (χ0) is 12.7. The van der Waals surface area contributed by atoms with Crippen molar-refractivity contribution in [2.75, 3.05) is 13.1 Å². The largest absolute Gasteiger partial charge is 0.316 e. The molecule has 0 aromatic rings. The van der Waals surface area contributed by atoms with E-state index in [1.54, 1.807) is 0 Å². The number of allylic oxidation sites excluding steroid dienone is 1. The number of nitrogens with one attached hydrogen (secondary N) is 1. The molecule has 0 saturated heterocycles. The molecule has 3 atom stereocenters. The Bertz CT molecular complexity index is 210. The fourth-order valence-corrected chi connectivity index (χ4v) is 3.12. The van der Waals surface area contributed by atoms with Gasteiger partial charge in [-0.15, -0.1) is 6.58 Å². The number of rotatable bonds is 7. The molecule has 1 N–H and O–H groups in total. The van der Waals surface area contributed by atoms with Crippen molar-refractivity contribution in [2.45, 2.75) is 52.9 Å². The van der Waals surface area contributed by atoms with Crippen LogP contribution in [0.3, 0.4) is 0 Å². The summed E-state index contributed by atoms with van der Waals surface area (Å²) in [5.41, 5.74) is 0. The van der Waals surface area contributed by atoms with Gasteiger partial charge in [0.05, 0.1) is 0 Å². The normalized spacial score (nSPS) is 29.5. The highest BCUT2D eigenvalue weighted by Crippen LogP contribution is 2.37. The second kappa shape index (κ2) is 7.92. The highest BCUT2D eigenvalue weighted by Gasteiger charge is 2.28. The van der Waals surface area contributed by atoms with Crippen LogP contribution in [0.15, 0.2) is 12.7 Å². The molecule has 0 amide bonds. The van der Waals surface area contributed by atoms with Gasteiger partial charge in [0.1, 0.15) is 0 Å². The summed E-state index contributed by atoms with van der Waals surface area (Å²) in [6, 6.07) is 0. The maximum atomic E-state index is 3.93. The second-order valence-electron chi connectivity index (χ2n) is 6.18. The summed E-state index contributed by atoms with van der Waals surface area (Å²) in [7, 11) is 0. The Kier molecular flexibility index (Phi) is 6.87. The minimum absolute atomic E-state index is 0.764. The molecule has 0 heterocycles. The zero-order valence-electron chi connectivity index (χ0n) is 12.0. The van der Waals surface area contributed by atoms with Crippen molar-refractivity contribution in [1.82, 2.24) is 5.32 Å². The number of hydrogen-bond donors (Lipinski definition) is 1. The maximum Gasteiger partial charge on any atom is -0.00176 e. The molecule has 1 saturated carbocycles. The zero-order valence-corrected chi connectivity index (χ0v) is 12.0. The third-order valence-corrected chi connectivity index (χ3v) is 4.25. The van der Waals surface area contributed by atoms with Crippen LogP contribution in [0.1, 0.15) is 52.9 Å². The molecule has 17 heavy (non-hydrogen) atoms. The molecule has 0 aliphatic heterocycles. The molecule has 1 heteroatoms. The van der Waals surface area contributed by atoms with Crippen molar-refractivity contribution in [1.29, 1.82) is 0 Å². The molecule has 1 aliphatic carbocycles. The molecule has 0 radical (unpaired) electrons. The van der Waals surface area contributed by atoms with Gasteiger partial charge >= 0.3 is 0 Å². The minimum atomic E-state index is 0.764. The minimum Gasteiger partial charge on any atom is -0.316 e. The first-order chi connectivity index (χ1) is 8.17. The van der Waals surface area contributed by atoms with Crippen LogP contribution < -0.4 is 5.32 Å². The standard InChI is InChI=1S/C16H31N/c1-5-7-15-10-14(6-2)8-9-16(15)12-17-11-13(3)4/h5,13-17H,1,6-12H2,2-4H3. The molecule has 1 rings (SSSR count). The van der Waals surface area contributed by atoms with Crippen LogP contribution in [0, 0.1) is 23.7 Å². The Hall–Kier alpha value is -0.300. The Morgan fingerprint density at radius 2 is 2.06 bits per heavy atom. The van der Waals surface area contributed by atoms with Crippen molar-refractivity contribution < 1.29 is 0 Å². The summed E-state index contributed by atoms with van der Waals surface area (Å²) >= 11 is 0. The van der Waals surface area contributed by atoms with Crippen LogP contribution in [0.4, 0.5) is 0 Å². The molecule has 1 fully saturated rings. The predicted octanol–water partition coefficient (Wildman–Crippen LogP) is 4.25. The summed E-state index contributed by atoms with van der Waals surface area (Å²) in [6.45, 7) is 13.2. The molecule has 0 aromatic carbocycles. The first-order valence-electron chi connectivity index (χ1n) is 7.48. The van der Waals surface area contributed by atoms with Crippen LogP contribution in [-0.2, 0) is 0 Å². The van der Waals surface area contributed by atoms with Gasteiger partial charge in [0.2, 0.25) is 0 Å². The number of hydrogen-bond acceptors (Lipinski definition) is 1. The van der Waals surface area contributed by atoms with Gasteiger partial charge < -0.3 is 5.32 Å². The first kappa shape index (κ1) is 14.8. The summed E-state index contributed by atoms with van der Waals surface area (Å²) in [6.07, 6.45) is 8.99. The summed E-state index contributed by atoms with van der Waals surface area (Å²) in [4.78, 5) is 0. The Balaban J connectivity index is 2.37. The van der Waals surface area contributed by atoms with Gasteiger partial charge in [-0.2, -0.15) is 0 Å². The van der Waals surface area contributed by atoms with E-state index in [-0.39, 0.29) is 0 Å². The van der Waals surface area contributed by atoms with E-state index in [4.69, 9.17) is 0 Å². The molecule has 0 bridgehead atoms. The summed E-state index contributed by atoms with van der Waals surface area (Å²) < 4.78 is 0. The SMILES string of the molecule is C=CCC1CC(CC)CCC1CNCC(C)C. The van der Waals surface area contributed by atoms with Crippen molar-refractivity contribution in [2.24, 2.45) is 23.7 Å². The van der Waals surface area contributed by atoms with Crippen LogP contribution in [0.2, 0.25) is 0 Å². The van der Waals surface area contributed by atoms with Gasteiger partial charge in [0.25, 0.3) is 0 Å². The van der Waals surface area contributed by atoms with Gasteiger partial charge in [-0.1, -0.05) is 39.7 Å². The van der Waals surface area contributed by atoms with E-state index in [0.717, 1.165) is 30.2 Å². The lowest BCUT2D eigenvalue weighted by molar-refractivity contribution is 0.172. The van der Waals surface area contributed by atoms with Crippen molar-refractivity contribution >= 4 is 0 Å². The lowest BCUT2D eigenvalue weighted by atomic mass is 9.72. The van der Waals surface area contributed by atoms with Crippen LogP contribution in [-0.4, -0.2) is 13.1 Å². The third-order valence-electron chi connectivity index (χ3n) is 4.25. The van der Waals surface area contributed by atoms with Gasteiger partial charge in [0.15, 0.2) is 0 Å². The predicted molar refractivity (Wildman–Crippen MR) is 77.1 cm³/mol. The van der Waals surface area contributed by atoms with Gasteiger partial charge in [-0.3, -0.25) is 0 Å². The summed E-state index contributed by atoms with van der Waals surface area (Å²) in [5.74, 6) is 3.50. The van der Waals surface area contributed by atoms with Crippen molar-refractivity contribution in [3.05, 3.63) is 12.7 Å². The van der Waals surface area contributed by atoms with E-state index < -0.39 is 0 Å². The van der Waals surface area contributed by atoms with Gasteiger partial charge in [-0.25, -0.2) is 0 Å². The molecule has 3 unspecified atom stereocenters. The van der Waals surface area contributed by atoms with E-state index >= 15 is 0 Å². The van der Waals surface area contributed by atoms with Crippen molar-refractivity contribution in [3.63, 3.8) is 0 Å². The van der Waals surface area contributed by atoms with E-state index in [1.165, 1.54) is 38.6 Å². The maximum absolute atomic E-state index is 3.93. The smallest absolute Gasteiger partial charge is 0.00176 e. The highest BCUT2D eigenvalue weighted by molar-refractivity contribution is 4.85. The molecule has 1 nitrogen and oxygen atoms in total. The molecular formula is C16H31N. The fraction of sp³-hybridized carbons (Fsp3) is 0.875. The molecule has 1 aliphatic rings. The fourth-order valence-electron chi connectivity index (χ4n) is 3.12. The highest BCUT2D eigenvalue weighted by atomic mass is 14.9. The molecular weight excluding hydrogens is 206 g/mol. The first-order valence-corrected chi connectivity index (χ1v) is 7.48. The van der Waals surface area contributed by atoms with Gasteiger partial charge in [-0.05, 0) is 56.0 Å². The van der Waals surface area contributed by atoms with Crippen LogP contribution >= 0.6 is 0 Å². The third kappa shape index (κ3) is 5.25. The quantitative estimate of drug-likeness (QED) is 0.653. The Morgan fingerprint density at radius 1 is 1.29 bits per heavy atom. The molecule has 100 valence electrons. The van der Waals surface area contributed by atoms with E-state index in [2.05, 4.69) is 38.7 Å². The Morgan fingerprint density at radius 3 is 2.65 bits per heavy atom. The van der Waals surface area contributed by atoms with E-state index in [0.29, 0.717) is 0 Å². The Labute approximate surface area is 108 Å². The second-order valence-corrected chi connectivity index (χ2v) is 6.18. The van der Waals surface area contributed by atoms with Crippen LogP contribution in [0.5, 0.6) is 0 Å². The van der Waals surface area contributed by atoms with Crippen LogP contribution in [0.25, 0.3) is 0 Å². The molecule has 0 spiro atoms.